The molecule has 0 atom stereocenters. The van der Waals surface area contributed by atoms with Crippen LogP contribution in [-0.2, 0) is 11.3 Å². The van der Waals surface area contributed by atoms with Crippen molar-refractivity contribution in [2.75, 3.05) is 12.3 Å². The Balaban J connectivity index is 2.61. The van der Waals surface area contributed by atoms with E-state index in [1.54, 1.807) is 12.3 Å². The third-order valence-electron chi connectivity index (χ3n) is 1.96. The molecule has 1 rings (SSSR count). The van der Waals surface area contributed by atoms with Crippen LogP contribution < -0.4 is 16.6 Å². The summed E-state index contributed by atoms with van der Waals surface area (Å²) in [6.45, 7) is 2.81. The topological polar surface area (TPSA) is 77.1 Å². The lowest BCUT2D eigenvalue weighted by Gasteiger charge is -2.06. The largest absolute Gasteiger partial charge is 0.398 e. The molecule has 3 N–H and O–H groups in total. The van der Waals surface area contributed by atoms with E-state index in [1.807, 2.05) is 6.92 Å². The average Bonchev–Trinajstić information content (AvgIpc) is 2.20. The summed E-state index contributed by atoms with van der Waals surface area (Å²) >= 11 is 0. The summed E-state index contributed by atoms with van der Waals surface area (Å²) in [6.07, 6.45) is 1.83. The van der Waals surface area contributed by atoms with Gasteiger partial charge in [-0.15, -0.1) is 0 Å². The van der Waals surface area contributed by atoms with E-state index in [9.17, 15) is 9.59 Å². The van der Waals surface area contributed by atoms with Crippen molar-refractivity contribution in [3.05, 3.63) is 28.7 Å². The van der Waals surface area contributed by atoms with E-state index >= 15 is 0 Å². The van der Waals surface area contributed by atoms with Crippen molar-refractivity contribution in [3.63, 3.8) is 0 Å². The Hall–Kier alpha value is -1.78. The predicted octanol–water partition coefficient (Wildman–Crippen LogP) is -0.0433. The van der Waals surface area contributed by atoms with Crippen LogP contribution >= 0.6 is 0 Å². The second-order valence-corrected chi connectivity index (χ2v) is 3.20. The van der Waals surface area contributed by atoms with Crippen molar-refractivity contribution >= 4 is 11.6 Å². The van der Waals surface area contributed by atoms with E-state index in [1.165, 1.54) is 10.6 Å². The first-order valence-electron chi connectivity index (χ1n) is 4.86. The summed E-state index contributed by atoms with van der Waals surface area (Å²) in [4.78, 5) is 22.5. The van der Waals surface area contributed by atoms with Gasteiger partial charge in [-0.1, -0.05) is 0 Å². The van der Waals surface area contributed by atoms with Gasteiger partial charge in [0.2, 0.25) is 5.91 Å². The molecule has 0 saturated carbocycles. The van der Waals surface area contributed by atoms with Crippen molar-refractivity contribution in [1.82, 2.24) is 9.88 Å². The van der Waals surface area contributed by atoms with Gasteiger partial charge in [-0.25, -0.2) is 0 Å². The zero-order chi connectivity index (χ0) is 11.3. The Labute approximate surface area is 87.9 Å². The maximum Gasteiger partial charge on any atom is 0.250 e. The number of carbonyl (C=O) groups excluding carboxylic acids is 1. The number of amides is 1. The lowest BCUT2D eigenvalue weighted by Crippen LogP contribution is -2.26. The molecule has 0 unspecified atom stereocenters. The van der Waals surface area contributed by atoms with Crippen LogP contribution in [0.4, 0.5) is 5.69 Å². The lowest BCUT2D eigenvalue weighted by molar-refractivity contribution is -0.121. The molecule has 0 fully saturated rings. The normalized spacial score (nSPS) is 9.93. The van der Waals surface area contributed by atoms with Crippen LogP contribution in [0.15, 0.2) is 23.1 Å². The summed E-state index contributed by atoms with van der Waals surface area (Å²) in [5, 5.41) is 2.66. The van der Waals surface area contributed by atoms with Crippen LogP contribution in [0.1, 0.15) is 13.3 Å². The molecule has 0 aromatic carbocycles. The van der Waals surface area contributed by atoms with Gasteiger partial charge in [-0.05, 0) is 13.0 Å². The van der Waals surface area contributed by atoms with Crippen LogP contribution in [0, 0.1) is 0 Å². The predicted molar refractivity (Wildman–Crippen MR) is 58.4 cm³/mol. The quantitative estimate of drug-likeness (QED) is 0.730. The summed E-state index contributed by atoms with van der Waals surface area (Å²) in [6, 6.07) is 2.94. The second kappa shape index (κ2) is 5.19. The molecule has 82 valence electrons. The molecule has 0 aliphatic heterocycles. The first-order chi connectivity index (χ1) is 7.13. The monoisotopic (exact) mass is 209 g/mol. The fraction of sp³-hybridized carbons (Fsp3) is 0.400. The lowest BCUT2D eigenvalue weighted by atomic mass is 10.3. The van der Waals surface area contributed by atoms with Gasteiger partial charge in [0.1, 0.15) is 0 Å². The molecule has 5 heteroatoms. The highest BCUT2D eigenvalue weighted by Crippen LogP contribution is 1.96. The van der Waals surface area contributed by atoms with Crippen molar-refractivity contribution in [3.8, 4) is 0 Å². The summed E-state index contributed by atoms with van der Waals surface area (Å²) < 4.78 is 1.44. The number of nitrogen functional groups attached to an aromatic ring is 1. The number of nitrogens with two attached hydrogens (primary N) is 1. The minimum absolute atomic E-state index is 0.0631. The summed E-state index contributed by atoms with van der Waals surface area (Å²) in [5.41, 5.74) is 5.91. The van der Waals surface area contributed by atoms with Gasteiger partial charge in [0, 0.05) is 37.5 Å². The first-order valence-corrected chi connectivity index (χ1v) is 4.86. The van der Waals surface area contributed by atoms with E-state index in [0.717, 1.165) is 0 Å². The molecule has 5 nitrogen and oxygen atoms in total. The maximum absolute atomic E-state index is 11.3. The first kappa shape index (κ1) is 11.3. The van der Waals surface area contributed by atoms with Crippen LogP contribution in [-0.4, -0.2) is 17.0 Å². The van der Waals surface area contributed by atoms with Crippen LogP contribution in [0.5, 0.6) is 0 Å². The number of anilines is 1. The number of nitrogens with one attached hydrogen (secondary N) is 1. The maximum atomic E-state index is 11.3. The highest BCUT2D eigenvalue weighted by atomic mass is 16.1. The van der Waals surface area contributed by atoms with E-state index in [-0.39, 0.29) is 17.9 Å². The Morgan fingerprint density at radius 3 is 2.93 bits per heavy atom. The van der Waals surface area contributed by atoms with Crippen molar-refractivity contribution in [1.29, 1.82) is 0 Å². The average molecular weight is 209 g/mol. The SMILES string of the molecule is CCNC(=O)CCn1cc(N)ccc1=O. The third kappa shape index (κ3) is 3.46. The Kier molecular flexibility index (Phi) is 3.91. The van der Waals surface area contributed by atoms with E-state index < -0.39 is 0 Å². The van der Waals surface area contributed by atoms with Gasteiger partial charge in [0.05, 0.1) is 0 Å². The van der Waals surface area contributed by atoms with Gasteiger partial charge in [-0.2, -0.15) is 0 Å². The molecule has 0 spiro atoms. The Bertz CT molecular complexity index is 398. The smallest absolute Gasteiger partial charge is 0.250 e. The van der Waals surface area contributed by atoms with Crippen LogP contribution in [0.2, 0.25) is 0 Å². The molecule has 1 aromatic heterocycles. The van der Waals surface area contributed by atoms with Gasteiger partial charge in [0.25, 0.3) is 5.56 Å². The zero-order valence-electron chi connectivity index (χ0n) is 8.69. The molecule has 1 amide bonds. The second-order valence-electron chi connectivity index (χ2n) is 3.20. The standard InChI is InChI=1S/C10H15N3O2/c1-2-12-9(14)5-6-13-7-8(11)3-4-10(13)15/h3-4,7H,2,5-6,11H2,1H3,(H,12,14). The van der Waals surface area contributed by atoms with Crippen molar-refractivity contribution < 1.29 is 4.79 Å². The number of pyridine rings is 1. The van der Waals surface area contributed by atoms with Crippen molar-refractivity contribution in [2.45, 2.75) is 19.9 Å². The van der Waals surface area contributed by atoms with Crippen LogP contribution in [0.3, 0.4) is 0 Å². The minimum Gasteiger partial charge on any atom is -0.398 e. The van der Waals surface area contributed by atoms with E-state index in [4.69, 9.17) is 5.73 Å². The number of rotatable bonds is 4. The van der Waals surface area contributed by atoms with Gasteiger partial charge < -0.3 is 15.6 Å². The number of nitrogens with zero attached hydrogens (tertiary/aromatic N) is 1. The van der Waals surface area contributed by atoms with Crippen LogP contribution in [0.25, 0.3) is 0 Å². The zero-order valence-corrected chi connectivity index (χ0v) is 8.69. The number of carbonyl (C=O) groups is 1. The minimum atomic E-state index is -0.145. The number of hydrogen-bond acceptors (Lipinski definition) is 3. The molecule has 0 bridgehead atoms. The highest BCUT2D eigenvalue weighted by Gasteiger charge is 2.01. The molecule has 1 aromatic rings. The molecule has 0 radical (unpaired) electrons. The number of aryl methyl sites for hydroxylation is 1. The van der Waals surface area contributed by atoms with E-state index in [0.29, 0.717) is 18.8 Å². The summed E-state index contributed by atoms with van der Waals surface area (Å²) in [5.74, 6) is -0.0631. The molecule has 1 heterocycles. The number of hydrogen-bond donors (Lipinski definition) is 2. The molecular weight excluding hydrogens is 194 g/mol. The van der Waals surface area contributed by atoms with Gasteiger partial charge >= 0.3 is 0 Å². The third-order valence-corrected chi connectivity index (χ3v) is 1.96. The Morgan fingerprint density at radius 1 is 1.53 bits per heavy atom. The van der Waals surface area contributed by atoms with Gasteiger partial charge in [0.15, 0.2) is 0 Å². The molecular formula is C10H15N3O2. The molecule has 15 heavy (non-hydrogen) atoms. The molecule has 0 aliphatic carbocycles. The fourth-order valence-electron chi connectivity index (χ4n) is 1.23. The fourth-order valence-corrected chi connectivity index (χ4v) is 1.23. The highest BCUT2D eigenvalue weighted by molar-refractivity contribution is 5.75. The summed E-state index contributed by atoms with van der Waals surface area (Å²) in [7, 11) is 0. The van der Waals surface area contributed by atoms with E-state index in [2.05, 4.69) is 5.32 Å². The van der Waals surface area contributed by atoms with Crippen molar-refractivity contribution in [2.24, 2.45) is 0 Å². The Morgan fingerprint density at radius 2 is 2.27 bits per heavy atom. The molecule has 0 aliphatic rings. The van der Waals surface area contributed by atoms with Gasteiger partial charge in [-0.3, -0.25) is 9.59 Å². The molecule has 0 saturated heterocycles. The number of aromatic nitrogens is 1.